The highest BCUT2D eigenvalue weighted by molar-refractivity contribution is 5.81. The molecule has 0 spiro atoms. The Morgan fingerprint density at radius 2 is 2.08 bits per heavy atom. The minimum atomic E-state index is -0.723. The first kappa shape index (κ1) is 10.5. The molecule has 1 atom stereocenters. The highest BCUT2D eigenvalue weighted by Crippen LogP contribution is 2.42. The Balaban J connectivity index is 2.64. The summed E-state index contributed by atoms with van der Waals surface area (Å²) in [4.78, 5) is 11.5. The van der Waals surface area contributed by atoms with Crippen molar-refractivity contribution in [1.29, 1.82) is 0 Å². The predicted octanol–water partition coefficient (Wildman–Crippen LogP) is 1.46. The monoisotopic (exact) mass is 185 g/mol. The van der Waals surface area contributed by atoms with Crippen molar-refractivity contribution in [3.63, 3.8) is 0 Å². The number of hydrogen-bond donors (Lipinski definition) is 1. The summed E-state index contributed by atoms with van der Waals surface area (Å²) in [6.45, 7) is 6.50. The molecule has 1 saturated carbocycles. The van der Waals surface area contributed by atoms with Gasteiger partial charge >= 0.3 is 5.97 Å². The molecule has 3 heteroatoms. The van der Waals surface area contributed by atoms with Gasteiger partial charge in [0.2, 0.25) is 0 Å². The van der Waals surface area contributed by atoms with Crippen molar-refractivity contribution in [2.45, 2.75) is 45.6 Å². The Labute approximate surface area is 79.6 Å². The van der Waals surface area contributed by atoms with Crippen LogP contribution in [0.25, 0.3) is 0 Å². The maximum Gasteiger partial charge on any atom is 0.326 e. The molecule has 1 aliphatic carbocycles. The van der Waals surface area contributed by atoms with Crippen LogP contribution in [0.3, 0.4) is 0 Å². The van der Waals surface area contributed by atoms with Gasteiger partial charge in [0.15, 0.2) is 0 Å². The number of rotatable bonds is 2. The number of carbonyl (C=O) groups is 1. The van der Waals surface area contributed by atoms with Gasteiger partial charge in [0, 0.05) is 0 Å². The van der Waals surface area contributed by atoms with Gasteiger partial charge < -0.3 is 10.5 Å². The zero-order chi connectivity index (χ0) is 10.1. The second-order valence-electron chi connectivity index (χ2n) is 4.72. The largest absolute Gasteiger partial charge is 0.465 e. The molecule has 13 heavy (non-hydrogen) atoms. The van der Waals surface area contributed by atoms with Crippen LogP contribution in [0.2, 0.25) is 0 Å². The SMILES string of the molecule is CCOC(=O)C1(N)CCC(C)(C)C1. The van der Waals surface area contributed by atoms with Gasteiger partial charge in [0.25, 0.3) is 0 Å². The molecule has 0 radical (unpaired) electrons. The lowest BCUT2D eigenvalue weighted by molar-refractivity contribution is -0.149. The third-order valence-corrected chi connectivity index (χ3v) is 2.72. The van der Waals surface area contributed by atoms with E-state index in [-0.39, 0.29) is 11.4 Å². The molecule has 1 unspecified atom stereocenters. The van der Waals surface area contributed by atoms with Crippen molar-refractivity contribution in [2.24, 2.45) is 11.1 Å². The molecule has 3 nitrogen and oxygen atoms in total. The molecule has 0 bridgehead atoms. The second kappa shape index (κ2) is 3.29. The summed E-state index contributed by atoms with van der Waals surface area (Å²) in [6, 6.07) is 0. The fourth-order valence-corrected chi connectivity index (χ4v) is 2.04. The average Bonchev–Trinajstić information content (AvgIpc) is 2.28. The van der Waals surface area contributed by atoms with Gasteiger partial charge in [0.1, 0.15) is 5.54 Å². The lowest BCUT2D eigenvalue weighted by atomic mass is 9.88. The summed E-state index contributed by atoms with van der Waals surface area (Å²) < 4.78 is 4.96. The standard InChI is InChI=1S/C10H19NO2/c1-4-13-8(12)10(11)6-5-9(2,3)7-10/h4-7,11H2,1-3H3. The zero-order valence-electron chi connectivity index (χ0n) is 8.72. The van der Waals surface area contributed by atoms with Crippen molar-refractivity contribution >= 4 is 5.97 Å². The van der Waals surface area contributed by atoms with Crippen LogP contribution >= 0.6 is 0 Å². The summed E-state index contributed by atoms with van der Waals surface area (Å²) in [6.07, 6.45) is 2.49. The first-order valence-electron chi connectivity index (χ1n) is 4.86. The third kappa shape index (κ3) is 2.21. The Kier molecular flexibility index (Phi) is 2.66. The van der Waals surface area contributed by atoms with E-state index >= 15 is 0 Å². The number of esters is 1. The van der Waals surface area contributed by atoms with Crippen molar-refractivity contribution < 1.29 is 9.53 Å². The van der Waals surface area contributed by atoms with Crippen LogP contribution in [0.15, 0.2) is 0 Å². The molecule has 1 aliphatic rings. The smallest absolute Gasteiger partial charge is 0.326 e. The van der Waals surface area contributed by atoms with Crippen molar-refractivity contribution in [2.75, 3.05) is 6.61 Å². The number of ether oxygens (including phenoxy) is 1. The zero-order valence-corrected chi connectivity index (χ0v) is 8.72. The van der Waals surface area contributed by atoms with Crippen LogP contribution in [-0.4, -0.2) is 18.1 Å². The number of hydrogen-bond acceptors (Lipinski definition) is 3. The van der Waals surface area contributed by atoms with Crippen LogP contribution in [0.1, 0.15) is 40.0 Å². The molecule has 1 rings (SSSR count). The molecule has 0 saturated heterocycles. The molecule has 76 valence electrons. The van der Waals surface area contributed by atoms with Gasteiger partial charge in [0.05, 0.1) is 6.61 Å². The molecule has 0 heterocycles. The van der Waals surface area contributed by atoms with Crippen molar-refractivity contribution in [3.05, 3.63) is 0 Å². The van der Waals surface area contributed by atoms with Gasteiger partial charge in [-0.3, -0.25) is 4.79 Å². The molecular formula is C10H19NO2. The molecule has 0 aromatic rings. The molecule has 2 N–H and O–H groups in total. The number of nitrogens with two attached hydrogens (primary N) is 1. The van der Waals surface area contributed by atoms with Gasteiger partial charge in [-0.05, 0) is 31.6 Å². The number of carbonyl (C=O) groups excluding carboxylic acids is 1. The Bertz CT molecular complexity index is 213. The van der Waals surface area contributed by atoms with Crippen LogP contribution in [0, 0.1) is 5.41 Å². The van der Waals surface area contributed by atoms with Crippen LogP contribution in [0.4, 0.5) is 0 Å². The predicted molar refractivity (Wildman–Crippen MR) is 51.2 cm³/mol. The Hall–Kier alpha value is -0.570. The first-order chi connectivity index (χ1) is 5.90. The molecule has 0 aromatic carbocycles. The topological polar surface area (TPSA) is 52.3 Å². The van der Waals surface area contributed by atoms with Crippen LogP contribution in [-0.2, 0) is 9.53 Å². The summed E-state index contributed by atoms with van der Waals surface area (Å²) in [7, 11) is 0. The van der Waals surface area contributed by atoms with E-state index < -0.39 is 5.54 Å². The fourth-order valence-electron chi connectivity index (χ4n) is 2.04. The van der Waals surface area contributed by atoms with E-state index in [1.807, 2.05) is 0 Å². The Morgan fingerprint density at radius 3 is 2.46 bits per heavy atom. The van der Waals surface area contributed by atoms with Gasteiger partial charge in [-0.25, -0.2) is 0 Å². The highest BCUT2D eigenvalue weighted by atomic mass is 16.5. The minimum absolute atomic E-state index is 0.182. The quantitative estimate of drug-likeness (QED) is 0.662. The third-order valence-electron chi connectivity index (χ3n) is 2.72. The highest BCUT2D eigenvalue weighted by Gasteiger charge is 2.46. The van der Waals surface area contributed by atoms with E-state index in [1.54, 1.807) is 6.92 Å². The molecule has 1 fully saturated rings. The molecular weight excluding hydrogens is 166 g/mol. The first-order valence-corrected chi connectivity index (χ1v) is 4.86. The van der Waals surface area contributed by atoms with Gasteiger partial charge in [-0.2, -0.15) is 0 Å². The summed E-state index contributed by atoms with van der Waals surface area (Å²) in [5.41, 5.74) is 5.45. The van der Waals surface area contributed by atoms with E-state index in [0.717, 1.165) is 19.3 Å². The maximum absolute atomic E-state index is 11.5. The summed E-state index contributed by atoms with van der Waals surface area (Å²) in [5.74, 6) is -0.236. The van der Waals surface area contributed by atoms with Crippen LogP contribution in [0.5, 0.6) is 0 Å². The van der Waals surface area contributed by atoms with Gasteiger partial charge in [-0.15, -0.1) is 0 Å². The van der Waals surface area contributed by atoms with E-state index in [0.29, 0.717) is 6.61 Å². The molecule has 0 aromatic heterocycles. The Morgan fingerprint density at radius 1 is 1.46 bits per heavy atom. The maximum atomic E-state index is 11.5. The van der Waals surface area contributed by atoms with Crippen LogP contribution < -0.4 is 5.73 Å². The summed E-state index contributed by atoms with van der Waals surface area (Å²) >= 11 is 0. The lowest BCUT2D eigenvalue weighted by Gasteiger charge is -2.23. The minimum Gasteiger partial charge on any atom is -0.465 e. The molecule has 0 amide bonds. The summed E-state index contributed by atoms with van der Waals surface area (Å²) in [5, 5.41) is 0. The van der Waals surface area contributed by atoms with Crippen molar-refractivity contribution in [1.82, 2.24) is 0 Å². The van der Waals surface area contributed by atoms with E-state index in [2.05, 4.69) is 13.8 Å². The van der Waals surface area contributed by atoms with Crippen molar-refractivity contribution in [3.8, 4) is 0 Å². The van der Waals surface area contributed by atoms with E-state index in [1.165, 1.54) is 0 Å². The lowest BCUT2D eigenvalue weighted by Crippen LogP contribution is -2.47. The van der Waals surface area contributed by atoms with E-state index in [9.17, 15) is 4.79 Å². The second-order valence-corrected chi connectivity index (χ2v) is 4.72. The normalized spacial score (nSPS) is 31.7. The fraction of sp³-hybridized carbons (Fsp3) is 0.900. The molecule has 0 aliphatic heterocycles. The van der Waals surface area contributed by atoms with Gasteiger partial charge in [-0.1, -0.05) is 13.8 Å². The van der Waals surface area contributed by atoms with E-state index in [4.69, 9.17) is 10.5 Å². The average molecular weight is 185 g/mol.